The molecular formula is C94H96Cl8Fe4N12. The molecule has 12 nitrogen and oxygen atoms in total. The summed E-state index contributed by atoms with van der Waals surface area (Å²) in [7, 11) is 38.1. The predicted octanol–water partition coefficient (Wildman–Crippen LogP) is 29.9. The molecule has 0 aliphatic carbocycles. The van der Waals surface area contributed by atoms with Crippen LogP contribution in [0.5, 0.6) is 0 Å². The molecule has 12 rings (SSSR count). The Kier molecular flexibility index (Phi) is 48.3. The Bertz CT molecular complexity index is 5080. The normalized spacial score (nSPS) is 11.8. The number of aromatic nitrogens is 4. The third-order valence-electron chi connectivity index (χ3n) is 17.5. The molecule has 0 unspecified atom stereocenters. The summed E-state index contributed by atoms with van der Waals surface area (Å²) in [6.07, 6.45) is 1.92. The van der Waals surface area contributed by atoms with Crippen LogP contribution in [0.2, 0.25) is 0 Å². The van der Waals surface area contributed by atoms with E-state index in [2.05, 4.69) is 150 Å². The molecule has 118 heavy (non-hydrogen) atoms. The average Bonchev–Trinajstić information content (AvgIpc) is 0.836. The van der Waals surface area contributed by atoms with Crippen LogP contribution in [0.4, 0.5) is 45.5 Å². The number of aryl methyl sites for hydroxylation is 8. The van der Waals surface area contributed by atoms with Gasteiger partial charge in [-0.1, -0.05) is 183 Å². The van der Waals surface area contributed by atoms with E-state index in [0.717, 1.165) is 161 Å². The molecule has 24 heteroatoms. The Balaban J connectivity index is 0.000000268. The molecule has 4 aromatic heterocycles. The van der Waals surface area contributed by atoms with Crippen LogP contribution >= 0.6 is 80.8 Å². The fraction of sp³-hybridized carbons (Fsp3) is 0.191. The molecule has 0 spiro atoms. The van der Waals surface area contributed by atoms with Crippen LogP contribution in [0.15, 0.2) is 307 Å². The van der Waals surface area contributed by atoms with Gasteiger partial charge in [0, 0.05) is 0 Å². The second-order valence-electron chi connectivity index (χ2n) is 26.2. The Hall–Kier alpha value is -7.88. The molecule has 0 amide bonds. The number of pyridine rings is 4. The van der Waals surface area contributed by atoms with E-state index in [9.17, 15) is 0 Å². The number of nitrogens with zero attached hydrogens (tertiary/aromatic N) is 12. The van der Waals surface area contributed by atoms with Crippen molar-refractivity contribution in [3.05, 3.63) is 357 Å². The van der Waals surface area contributed by atoms with E-state index in [-0.39, 0.29) is 52.5 Å². The maximum absolute atomic E-state index is 4.83. The van der Waals surface area contributed by atoms with Crippen molar-refractivity contribution < 1.29 is 52.5 Å². The first-order valence-electron chi connectivity index (χ1n) is 37.1. The average molecular weight is 1900 g/mol. The van der Waals surface area contributed by atoms with Crippen LogP contribution < -0.4 is 0 Å². The Morgan fingerprint density at radius 1 is 0.229 bits per heavy atom. The summed E-state index contributed by atoms with van der Waals surface area (Å²) < 4.78 is 0. The molecule has 0 saturated heterocycles. The number of rotatable bonds is 18. The number of halogens is 8. The summed E-state index contributed by atoms with van der Waals surface area (Å²) in [6.45, 7) is 32.7. The Morgan fingerprint density at radius 3 is 0.669 bits per heavy atom. The van der Waals surface area contributed by atoms with Crippen LogP contribution in [0.3, 0.4) is 0 Å². The number of benzene rings is 8. The van der Waals surface area contributed by atoms with E-state index in [1.165, 1.54) is 33.4 Å². The second kappa shape index (κ2) is 56.6. The topological polar surface area (TPSA) is 150 Å². The first-order valence-corrected chi connectivity index (χ1v) is 49.3. The molecule has 8 aromatic carbocycles. The first kappa shape index (κ1) is 101. The fourth-order valence-electron chi connectivity index (χ4n) is 11.4. The molecule has 4 heterocycles. The maximum atomic E-state index is 4.83. The van der Waals surface area contributed by atoms with Gasteiger partial charge in [0.15, 0.2) is 0 Å². The summed E-state index contributed by atoms with van der Waals surface area (Å²) in [5, 5.41) is 0. The van der Waals surface area contributed by atoms with Gasteiger partial charge in [-0.05, 0) is 252 Å². The van der Waals surface area contributed by atoms with Gasteiger partial charge >= 0.3 is 133 Å². The van der Waals surface area contributed by atoms with E-state index in [4.69, 9.17) is 131 Å². The van der Waals surface area contributed by atoms with Gasteiger partial charge in [-0.25, -0.2) is 19.9 Å². The van der Waals surface area contributed by atoms with Crippen molar-refractivity contribution >= 4 is 172 Å². The van der Waals surface area contributed by atoms with Crippen LogP contribution in [0.25, 0.3) is 0 Å². The van der Waals surface area contributed by atoms with Gasteiger partial charge in [0.25, 0.3) is 0 Å². The van der Waals surface area contributed by atoms with Gasteiger partial charge in [0.1, 0.15) is 0 Å². The van der Waals surface area contributed by atoms with Crippen LogP contribution in [-0.4, -0.2) is 65.6 Å². The number of hydrogen-bond donors (Lipinski definition) is 0. The van der Waals surface area contributed by atoms with Gasteiger partial charge < -0.3 is 0 Å². The molecule has 0 aliphatic rings. The monoisotopic (exact) mass is 1900 g/mol. The minimum atomic E-state index is 0.194. The molecule has 12 aromatic rings. The SMILES string of the molecule is CC(=Nc1ccc(C)cc1C)c1cccc(C(C)=Nc2ccc(C)cc2C)n1.CC(=Nc1ccccc1)c1cccc(C(C)=Nc2ccccc2)n1.CC(=Nc1ccccc1C)c1cccc(C(C)=Nc2ccccc2C)n1.CCc1ccccc1N=C(C)c1cccc(C(C)=Nc2ccccc2CC)n1.[Cl][Fe][Cl].[Cl][Fe][Cl].[Cl][Fe][Cl].[Cl][Fe][Cl]. The molecule has 0 atom stereocenters. The van der Waals surface area contributed by atoms with Crippen molar-refractivity contribution in [3.8, 4) is 0 Å². The summed E-state index contributed by atoms with van der Waals surface area (Å²) in [6, 6.07) is 89.1. The van der Waals surface area contributed by atoms with Gasteiger partial charge in [0.05, 0.1) is 137 Å². The summed E-state index contributed by atoms with van der Waals surface area (Å²) in [4.78, 5) is 57.1. The van der Waals surface area contributed by atoms with Crippen molar-refractivity contribution in [3.63, 3.8) is 0 Å². The van der Waals surface area contributed by atoms with Crippen LogP contribution in [0.1, 0.15) is 159 Å². The molecule has 0 fully saturated rings. The molecule has 0 aliphatic heterocycles. The molecule has 620 valence electrons. The molecule has 0 radical (unpaired) electrons. The Labute approximate surface area is 757 Å². The van der Waals surface area contributed by atoms with Gasteiger partial charge in [-0.15, -0.1) is 0 Å². The molecular weight excluding hydrogens is 1800 g/mol. The zero-order valence-electron chi connectivity index (χ0n) is 68.6. The molecule has 0 saturated carbocycles. The number of hydrogen-bond acceptors (Lipinski definition) is 12. The molecule has 0 N–H and O–H groups in total. The first-order chi connectivity index (χ1) is 56.9. The van der Waals surface area contributed by atoms with Crippen molar-refractivity contribution in [2.75, 3.05) is 0 Å². The number of para-hydroxylation sites is 6. The van der Waals surface area contributed by atoms with E-state index >= 15 is 0 Å². The third-order valence-corrected chi connectivity index (χ3v) is 17.5. The standard InChI is InChI=1S/2C25H27N3.C23H23N3.C21H19N3.8ClH.4Fe/c1-16-10-12-22(18(3)14-16)26-20(5)24-8-7-9-25(28-24)21(6)27-23-13-11-17(2)15-19(23)4;1-5-20-12-7-9-14-24(20)26-18(3)22-16-11-17-23(28-22)19(4)27-25-15-10-8-13-21(25)6-2;1-16-10-5-7-12-20(16)24-18(3)22-14-9-15-23(26-22)19(4)25-21-13-8-6-11-17(21)2;1-16(22-18-10-5-3-6-11-18)20-14-9-15-21(24-20)17(2)23-19-12-7-4-8-13-19;;;;;;;;;;;;/h7-15H,1-6H3;7-17H,5-6H2,1-4H3;5-15H,1-4H3;3-15H,1-2H3;8*1H;;;;/q;;;;;;;;;;;;4*+2/p-8. The van der Waals surface area contributed by atoms with Crippen LogP contribution in [-0.2, 0) is 65.4 Å². The van der Waals surface area contributed by atoms with Crippen molar-refractivity contribution in [1.82, 2.24) is 19.9 Å². The van der Waals surface area contributed by atoms with Crippen molar-refractivity contribution in [2.24, 2.45) is 39.9 Å². The van der Waals surface area contributed by atoms with Crippen molar-refractivity contribution in [2.45, 2.75) is 124 Å². The van der Waals surface area contributed by atoms with E-state index in [0.29, 0.717) is 0 Å². The van der Waals surface area contributed by atoms with Crippen LogP contribution in [0, 0.1) is 41.5 Å². The zero-order valence-corrected chi connectivity index (χ0v) is 79.1. The quantitative estimate of drug-likeness (QED) is 0.0620. The van der Waals surface area contributed by atoms with Gasteiger partial charge in [-0.3, -0.25) is 39.9 Å². The molecule has 0 bridgehead atoms. The third kappa shape index (κ3) is 35.8. The number of aliphatic imine (C=N–C) groups is 8. The second-order valence-corrected chi connectivity index (χ2v) is 33.5. The van der Waals surface area contributed by atoms with E-state index in [1.54, 1.807) is 0 Å². The van der Waals surface area contributed by atoms with Crippen molar-refractivity contribution in [1.29, 1.82) is 0 Å². The zero-order chi connectivity index (χ0) is 86.3. The van der Waals surface area contributed by atoms with E-state index in [1.807, 2.05) is 237 Å². The van der Waals surface area contributed by atoms with Gasteiger partial charge in [-0.2, -0.15) is 0 Å². The fourth-order valence-corrected chi connectivity index (χ4v) is 11.4. The predicted molar refractivity (Wildman–Crippen MR) is 497 cm³/mol. The summed E-state index contributed by atoms with van der Waals surface area (Å²) in [5.41, 5.74) is 31.5. The van der Waals surface area contributed by atoms with E-state index < -0.39 is 0 Å². The Morgan fingerprint density at radius 2 is 0.432 bits per heavy atom. The summed E-state index contributed by atoms with van der Waals surface area (Å²) >= 11 is 0.778. The van der Waals surface area contributed by atoms with Gasteiger partial charge in [0.2, 0.25) is 0 Å². The minimum absolute atomic E-state index is 0.194. The summed E-state index contributed by atoms with van der Waals surface area (Å²) in [5.74, 6) is 0.